The molecule has 4 nitrogen and oxygen atoms in total. The summed E-state index contributed by atoms with van der Waals surface area (Å²) < 4.78 is 0.633. The molecule has 80 valence electrons. The van der Waals surface area contributed by atoms with Crippen LogP contribution in [-0.4, -0.2) is 10.7 Å². The van der Waals surface area contributed by atoms with Gasteiger partial charge in [-0.2, -0.15) is 0 Å². The Bertz CT molecular complexity index is 417. The highest BCUT2D eigenvalue weighted by Crippen LogP contribution is 2.29. The summed E-state index contributed by atoms with van der Waals surface area (Å²) in [5, 5.41) is 10.8. The molecule has 1 aromatic carbocycles. The van der Waals surface area contributed by atoms with Crippen LogP contribution in [0.3, 0.4) is 0 Å². The Balaban J connectivity index is 3.28. The lowest BCUT2D eigenvalue weighted by atomic mass is 9.96. The third-order valence-corrected chi connectivity index (χ3v) is 2.76. The zero-order chi connectivity index (χ0) is 11.6. The molecule has 1 aromatic rings. The molecule has 0 bridgehead atoms. The van der Waals surface area contributed by atoms with E-state index in [0.717, 1.165) is 0 Å². The van der Waals surface area contributed by atoms with Crippen molar-refractivity contribution in [3.05, 3.63) is 38.3 Å². The Morgan fingerprint density at radius 2 is 2.13 bits per heavy atom. The Morgan fingerprint density at radius 1 is 1.53 bits per heavy atom. The summed E-state index contributed by atoms with van der Waals surface area (Å²) in [6.45, 7) is 3.09. The lowest BCUT2D eigenvalue weighted by Crippen LogP contribution is -2.07. The molecule has 0 spiro atoms. The van der Waals surface area contributed by atoms with Gasteiger partial charge in [-0.25, -0.2) is 0 Å². The predicted molar refractivity (Wildman–Crippen MR) is 59.9 cm³/mol. The highest BCUT2D eigenvalue weighted by molar-refractivity contribution is 9.10. The van der Waals surface area contributed by atoms with Crippen molar-refractivity contribution in [3.63, 3.8) is 0 Å². The van der Waals surface area contributed by atoms with Gasteiger partial charge in [-0.15, -0.1) is 0 Å². The number of nitrogens with zero attached hydrogens (tertiary/aromatic N) is 1. The first-order chi connectivity index (χ1) is 6.93. The van der Waals surface area contributed by atoms with E-state index in [0.29, 0.717) is 10.0 Å². The molecule has 15 heavy (non-hydrogen) atoms. The van der Waals surface area contributed by atoms with Gasteiger partial charge in [0.2, 0.25) is 0 Å². The minimum absolute atomic E-state index is 0.0212. The fraction of sp³-hybridized carbons (Fsp3) is 0.300. The molecule has 0 N–H and O–H groups in total. The third kappa shape index (κ3) is 2.62. The number of carbonyl (C=O) groups excluding carboxylic acids is 1. The van der Waals surface area contributed by atoms with E-state index in [2.05, 4.69) is 15.9 Å². The molecular formula is C10H10BrNO3. The van der Waals surface area contributed by atoms with E-state index in [1.54, 1.807) is 19.1 Å². The van der Waals surface area contributed by atoms with Crippen LogP contribution in [0.2, 0.25) is 0 Å². The summed E-state index contributed by atoms with van der Waals surface area (Å²) in [6, 6.07) is 4.71. The molecule has 0 aliphatic heterocycles. The number of benzene rings is 1. The van der Waals surface area contributed by atoms with Gasteiger partial charge in [-0.3, -0.25) is 14.9 Å². The van der Waals surface area contributed by atoms with Crippen LogP contribution in [0.1, 0.15) is 25.3 Å². The molecule has 0 fully saturated rings. The van der Waals surface area contributed by atoms with Gasteiger partial charge in [0, 0.05) is 22.0 Å². The summed E-state index contributed by atoms with van der Waals surface area (Å²) in [7, 11) is 0. The average Bonchev–Trinajstić information content (AvgIpc) is 2.16. The smallest absolute Gasteiger partial charge is 0.274 e. The first-order valence-corrected chi connectivity index (χ1v) is 5.17. The summed E-state index contributed by atoms with van der Waals surface area (Å²) in [4.78, 5) is 21.5. The van der Waals surface area contributed by atoms with E-state index in [1.807, 2.05) is 0 Å². The van der Waals surface area contributed by atoms with E-state index in [4.69, 9.17) is 0 Å². The SMILES string of the molecule is CC(=O)C(C)c1ccc(Br)cc1[N+](=O)[O-]. The maximum Gasteiger partial charge on any atom is 0.274 e. The number of rotatable bonds is 3. The van der Waals surface area contributed by atoms with Crippen molar-refractivity contribution < 1.29 is 9.72 Å². The van der Waals surface area contributed by atoms with Gasteiger partial charge in [0.15, 0.2) is 0 Å². The molecule has 1 atom stereocenters. The van der Waals surface area contributed by atoms with Gasteiger partial charge in [-0.05, 0) is 13.0 Å². The fourth-order valence-electron chi connectivity index (χ4n) is 1.26. The molecule has 0 saturated heterocycles. The van der Waals surface area contributed by atoms with Gasteiger partial charge < -0.3 is 0 Å². The van der Waals surface area contributed by atoms with E-state index in [-0.39, 0.29) is 11.5 Å². The van der Waals surface area contributed by atoms with E-state index in [1.165, 1.54) is 13.0 Å². The van der Waals surface area contributed by atoms with Crippen LogP contribution in [0.15, 0.2) is 22.7 Å². The van der Waals surface area contributed by atoms with Crippen LogP contribution in [0.4, 0.5) is 5.69 Å². The van der Waals surface area contributed by atoms with Gasteiger partial charge in [0.1, 0.15) is 5.78 Å². The Kier molecular flexibility index (Phi) is 3.57. The standard InChI is InChI=1S/C10H10BrNO3/c1-6(7(2)13)9-4-3-8(11)5-10(9)12(14)15/h3-6H,1-2H3. The molecule has 0 aliphatic rings. The lowest BCUT2D eigenvalue weighted by molar-refractivity contribution is -0.385. The van der Waals surface area contributed by atoms with Gasteiger partial charge in [0.05, 0.1) is 4.92 Å². The van der Waals surface area contributed by atoms with Crippen molar-refractivity contribution >= 4 is 27.4 Å². The Labute approximate surface area is 95.6 Å². The first kappa shape index (κ1) is 11.8. The van der Waals surface area contributed by atoms with Crippen molar-refractivity contribution in [3.8, 4) is 0 Å². The van der Waals surface area contributed by atoms with Crippen molar-refractivity contribution in [2.75, 3.05) is 0 Å². The number of carbonyl (C=O) groups is 1. The molecular weight excluding hydrogens is 262 g/mol. The van der Waals surface area contributed by atoms with Crippen LogP contribution < -0.4 is 0 Å². The molecule has 1 rings (SSSR count). The normalized spacial score (nSPS) is 12.2. The molecule has 1 unspecified atom stereocenters. The van der Waals surface area contributed by atoms with Gasteiger partial charge >= 0.3 is 0 Å². The van der Waals surface area contributed by atoms with Crippen molar-refractivity contribution in [2.45, 2.75) is 19.8 Å². The molecule has 0 amide bonds. The number of Topliss-reactive ketones (excluding diaryl/α,β-unsaturated/α-hetero) is 1. The number of halogens is 1. The summed E-state index contributed by atoms with van der Waals surface area (Å²) in [6.07, 6.45) is 0. The zero-order valence-electron chi connectivity index (χ0n) is 8.36. The fourth-order valence-corrected chi connectivity index (χ4v) is 1.61. The summed E-state index contributed by atoms with van der Waals surface area (Å²) in [5.41, 5.74) is 0.433. The maximum absolute atomic E-state index is 11.2. The Morgan fingerprint density at radius 3 is 2.60 bits per heavy atom. The van der Waals surface area contributed by atoms with Gasteiger partial charge in [-0.1, -0.05) is 28.9 Å². The maximum atomic E-state index is 11.2. The quantitative estimate of drug-likeness (QED) is 0.627. The number of hydrogen-bond donors (Lipinski definition) is 0. The number of nitro benzene ring substituents is 1. The minimum Gasteiger partial charge on any atom is -0.299 e. The van der Waals surface area contributed by atoms with Crippen LogP contribution in [-0.2, 0) is 4.79 Å². The van der Waals surface area contributed by atoms with E-state index >= 15 is 0 Å². The first-order valence-electron chi connectivity index (χ1n) is 4.37. The minimum atomic E-state index is -0.473. The van der Waals surface area contributed by atoms with Gasteiger partial charge in [0.25, 0.3) is 5.69 Å². The second kappa shape index (κ2) is 4.53. The van der Waals surface area contributed by atoms with Crippen LogP contribution in [0.25, 0.3) is 0 Å². The average molecular weight is 272 g/mol. The van der Waals surface area contributed by atoms with Crippen LogP contribution in [0.5, 0.6) is 0 Å². The topological polar surface area (TPSA) is 60.2 Å². The molecule has 0 radical (unpaired) electrons. The summed E-state index contributed by atoms with van der Waals surface area (Å²) >= 11 is 3.16. The van der Waals surface area contributed by atoms with Crippen molar-refractivity contribution in [2.24, 2.45) is 0 Å². The Hall–Kier alpha value is -1.23. The second-order valence-corrected chi connectivity index (χ2v) is 4.21. The zero-order valence-corrected chi connectivity index (χ0v) is 9.95. The van der Waals surface area contributed by atoms with Crippen molar-refractivity contribution in [1.82, 2.24) is 0 Å². The lowest BCUT2D eigenvalue weighted by Gasteiger charge is -2.08. The third-order valence-electron chi connectivity index (χ3n) is 2.27. The number of hydrogen-bond acceptors (Lipinski definition) is 3. The molecule has 0 heterocycles. The largest absolute Gasteiger partial charge is 0.299 e. The van der Waals surface area contributed by atoms with E-state index in [9.17, 15) is 14.9 Å². The van der Waals surface area contributed by atoms with Crippen molar-refractivity contribution in [1.29, 1.82) is 0 Å². The summed E-state index contributed by atoms with van der Waals surface area (Å²) in [5.74, 6) is -0.529. The van der Waals surface area contributed by atoms with Crippen LogP contribution in [0, 0.1) is 10.1 Å². The molecule has 0 saturated carbocycles. The highest BCUT2D eigenvalue weighted by atomic mass is 79.9. The second-order valence-electron chi connectivity index (χ2n) is 3.29. The molecule has 0 aromatic heterocycles. The number of nitro groups is 1. The molecule has 0 aliphatic carbocycles. The monoisotopic (exact) mass is 271 g/mol. The molecule has 5 heteroatoms. The number of ketones is 1. The van der Waals surface area contributed by atoms with E-state index < -0.39 is 10.8 Å². The van der Waals surface area contributed by atoms with Crippen LogP contribution >= 0.6 is 15.9 Å². The highest BCUT2D eigenvalue weighted by Gasteiger charge is 2.21. The predicted octanol–water partition coefficient (Wildman–Crippen LogP) is 3.05.